The molecular weight excluding hydrogens is 562 g/mol. The number of morpholine rings is 1. The van der Waals surface area contributed by atoms with E-state index in [-0.39, 0.29) is 0 Å². The van der Waals surface area contributed by atoms with E-state index in [1.165, 1.54) is 0 Å². The fraction of sp³-hybridized carbons (Fsp3) is 0.265. The molecule has 8 nitrogen and oxygen atoms in total. The molecule has 1 N–H and O–H groups in total. The predicted molar refractivity (Wildman–Crippen MR) is 167 cm³/mol. The lowest BCUT2D eigenvalue weighted by molar-refractivity contribution is -0.132. The van der Waals surface area contributed by atoms with E-state index >= 15 is 0 Å². The van der Waals surface area contributed by atoms with Crippen molar-refractivity contribution in [2.24, 2.45) is 0 Å². The smallest absolute Gasteiger partial charge is 0.328 e. The third-order valence-corrected chi connectivity index (χ3v) is 8.24. The zero-order valence-corrected chi connectivity index (χ0v) is 24.7. The van der Waals surface area contributed by atoms with Gasteiger partial charge < -0.3 is 24.1 Å². The van der Waals surface area contributed by atoms with E-state index in [0.29, 0.717) is 63.2 Å². The first-order valence-electron chi connectivity index (χ1n) is 14.4. The van der Waals surface area contributed by atoms with Gasteiger partial charge in [0.15, 0.2) is 0 Å². The number of hydrogen-bond acceptors (Lipinski definition) is 7. The van der Waals surface area contributed by atoms with E-state index in [0.717, 1.165) is 33.9 Å². The molecule has 1 aliphatic rings. The number of aliphatic carboxylic acids is 1. The third kappa shape index (κ3) is 8.59. The molecule has 0 spiro atoms. The Balaban J connectivity index is 1.54. The Morgan fingerprint density at radius 1 is 0.907 bits per heavy atom. The van der Waals surface area contributed by atoms with Gasteiger partial charge in [-0.3, -0.25) is 4.79 Å². The largest absolute Gasteiger partial charge is 0.478 e. The van der Waals surface area contributed by atoms with Crippen molar-refractivity contribution in [1.29, 1.82) is 0 Å². The minimum atomic E-state index is -1.18. The molecule has 5 rings (SSSR count). The van der Waals surface area contributed by atoms with Crippen LogP contribution in [0.5, 0.6) is 0 Å². The zero-order chi connectivity index (χ0) is 29.9. The Morgan fingerprint density at radius 3 is 2.19 bits per heavy atom. The highest BCUT2D eigenvalue weighted by Gasteiger charge is 2.31. The molecule has 1 atom stereocenters. The van der Waals surface area contributed by atoms with Gasteiger partial charge in [0, 0.05) is 48.9 Å². The van der Waals surface area contributed by atoms with Gasteiger partial charge in [-0.05, 0) is 29.7 Å². The molecule has 2 heterocycles. The van der Waals surface area contributed by atoms with Gasteiger partial charge in [0.25, 0.3) is 0 Å². The summed E-state index contributed by atoms with van der Waals surface area (Å²) in [6.07, 6.45) is 3.17. The lowest BCUT2D eigenvalue weighted by atomic mass is 10.1. The molecule has 3 aromatic carbocycles. The number of nitrogens with zero attached hydrogens (tertiary/aromatic N) is 3. The number of amides is 1. The summed E-state index contributed by atoms with van der Waals surface area (Å²) in [5, 5.41) is 9.28. The minimum Gasteiger partial charge on any atom is -0.478 e. The Kier molecular flexibility index (Phi) is 10.7. The molecule has 1 amide bonds. The van der Waals surface area contributed by atoms with Crippen LogP contribution < -0.4 is 4.90 Å². The maximum atomic E-state index is 13.6. The zero-order valence-electron chi connectivity index (χ0n) is 23.9. The lowest BCUT2D eigenvalue weighted by Gasteiger charge is -2.29. The highest BCUT2D eigenvalue weighted by molar-refractivity contribution is 7.99. The van der Waals surface area contributed by atoms with E-state index < -0.39 is 17.9 Å². The lowest BCUT2D eigenvalue weighted by Crippen LogP contribution is -2.37. The van der Waals surface area contributed by atoms with Crippen LogP contribution in [0.2, 0.25) is 0 Å². The number of ether oxygens (including phenoxy) is 1. The summed E-state index contributed by atoms with van der Waals surface area (Å²) in [7, 11) is 0. The normalized spacial score (nSPS) is 14.1. The molecule has 0 radical (unpaired) electrons. The Hall–Kier alpha value is -4.34. The average molecular weight is 598 g/mol. The first kappa shape index (κ1) is 30.1. The summed E-state index contributed by atoms with van der Waals surface area (Å²) in [5.74, 6) is 0.00352. The third-order valence-electron chi connectivity index (χ3n) is 7.15. The number of carbonyl (C=O) groups is 2. The number of carboxylic acid groups (broad SMARTS) is 1. The number of carboxylic acids is 1. The van der Waals surface area contributed by atoms with Crippen LogP contribution in [0, 0.1) is 0 Å². The maximum absolute atomic E-state index is 13.6. The van der Waals surface area contributed by atoms with Crippen molar-refractivity contribution in [2.75, 3.05) is 43.5 Å². The van der Waals surface area contributed by atoms with Gasteiger partial charge in [-0.1, -0.05) is 78.9 Å². The van der Waals surface area contributed by atoms with Gasteiger partial charge in [-0.15, -0.1) is 11.8 Å². The van der Waals surface area contributed by atoms with Gasteiger partial charge in [0.2, 0.25) is 17.7 Å². The van der Waals surface area contributed by atoms with Gasteiger partial charge >= 0.3 is 5.97 Å². The van der Waals surface area contributed by atoms with Crippen molar-refractivity contribution < 1.29 is 23.8 Å². The van der Waals surface area contributed by atoms with Crippen molar-refractivity contribution in [2.45, 2.75) is 23.8 Å². The Bertz CT molecular complexity index is 1490. The fourth-order valence-electron chi connectivity index (χ4n) is 4.96. The highest BCUT2D eigenvalue weighted by atomic mass is 32.2. The number of anilines is 1. The van der Waals surface area contributed by atoms with E-state index in [2.05, 4.69) is 17.0 Å². The monoisotopic (exact) mass is 597 g/mol. The summed E-state index contributed by atoms with van der Waals surface area (Å²) in [6.45, 7) is 2.90. The predicted octanol–water partition coefficient (Wildman–Crippen LogP) is 5.65. The molecule has 222 valence electrons. The van der Waals surface area contributed by atoms with Crippen LogP contribution in [0.25, 0.3) is 0 Å². The van der Waals surface area contributed by atoms with Crippen molar-refractivity contribution in [3.05, 3.63) is 126 Å². The number of carbonyl (C=O) groups excluding carboxylic acids is 1. The average Bonchev–Trinajstić information content (AvgIpc) is 3.46. The standard InChI is InChI=1S/C34H35N3O5S/c38-31(16-17-32(39)40)37(19-18-26-10-4-1-5-11-26)30(25-43-28-14-8-3-9-15-28)33-35-29(24-27-12-6-2-7-13-27)34(42-33)36-20-22-41-23-21-36/h1-17,30H,18-25H2,(H,39,40)/b17-16-. The van der Waals surface area contributed by atoms with Gasteiger partial charge in [0.05, 0.1) is 13.2 Å². The summed E-state index contributed by atoms with van der Waals surface area (Å²) in [5.41, 5.74) is 2.98. The topological polar surface area (TPSA) is 96.1 Å². The molecule has 43 heavy (non-hydrogen) atoms. The minimum absolute atomic E-state index is 0.357. The molecule has 1 saturated heterocycles. The van der Waals surface area contributed by atoms with Crippen LogP contribution in [-0.4, -0.2) is 65.5 Å². The molecule has 0 bridgehead atoms. The van der Waals surface area contributed by atoms with E-state index in [4.69, 9.17) is 14.1 Å². The van der Waals surface area contributed by atoms with E-state index in [1.54, 1.807) is 16.7 Å². The quantitative estimate of drug-likeness (QED) is 0.156. The number of thioether (sulfide) groups is 1. The van der Waals surface area contributed by atoms with Gasteiger partial charge in [-0.2, -0.15) is 0 Å². The molecule has 1 aliphatic heterocycles. The van der Waals surface area contributed by atoms with Crippen LogP contribution in [0.4, 0.5) is 5.88 Å². The molecule has 1 aromatic heterocycles. The number of hydrogen-bond donors (Lipinski definition) is 1. The number of oxazole rings is 1. The van der Waals surface area contributed by atoms with Crippen LogP contribution in [0.1, 0.15) is 28.8 Å². The SMILES string of the molecule is O=C(O)/C=C\C(=O)N(CCc1ccccc1)C(CSc1ccccc1)c1nc(Cc2ccccc2)c(N2CCOCC2)o1. The fourth-order valence-corrected chi connectivity index (χ4v) is 5.98. The molecule has 1 fully saturated rings. The molecule has 0 saturated carbocycles. The van der Waals surface area contributed by atoms with Crippen LogP contribution in [0.15, 0.2) is 112 Å². The first-order valence-corrected chi connectivity index (χ1v) is 15.3. The molecule has 4 aromatic rings. The number of benzene rings is 3. The van der Waals surface area contributed by atoms with E-state index in [9.17, 15) is 14.7 Å². The van der Waals surface area contributed by atoms with Gasteiger partial charge in [-0.25, -0.2) is 9.78 Å². The number of aromatic nitrogens is 1. The maximum Gasteiger partial charge on any atom is 0.328 e. The second kappa shape index (κ2) is 15.2. The summed E-state index contributed by atoms with van der Waals surface area (Å²) >= 11 is 1.60. The molecule has 0 aliphatic carbocycles. The second-order valence-corrected chi connectivity index (χ2v) is 11.2. The van der Waals surface area contributed by atoms with Crippen LogP contribution >= 0.6 is 11.8 Å². The second-order valence-electron chi connectivity index (χ2n) is 10.1. The number of rotatable bonds is 13. The van der Waals surface area contributed by atoms with Crippen molar-refractivity contribution in [1.82, 2.24) is 9.88 Å². The highest BCUT2D eigenvalue weighted by Crippen LogP contribution is 2.34. The molecule has 1 unspecified atom stereocenters. The van der Waals surface area contributed by atoms with Crippen molar-refractivity contribution >= 4 is 29.5 Å². The summed E-state index contributed by atoms with van der Waals surface area (Å²) in [6, 6.07) is 29.5. The summed E-state index contributed by atoms with van der Waals surface area (Å²) in [4.78, 5) is 34.9. The Labute approximate surface area is 256 Å². The van der Waals surface area contributed by atoms with Crippen LogP contribution in [0.3, 0.4) is 0 Å². The summed E-state index contributed by atoms with van der Waals surface area (Å²) < 4.78 is 12.2. The Morgan fingerprint density at radius 2 is 1.53 bits per heavy atom. The molecular formula is C34H35N3O5S. The van der Waals surface area contributed by atoms with E-state index in [1.807, 2.05) is 78.9 Å². The van der Waals surface area contributed by atoms with Crippen molar-refractivity contribution in [3.8, 4) is 0 Å². The van der Waals surface area contributed by atoms with Gasteiger partial charge in [0.1, 0.15) is 11.7 Å². The molecule has 9 heteroatoms. The first-order chi connectivity index (χ1) is 21.1. The van der Waals surface area contributed by atoms with Crippen molar-refractivity contribution in [3.63, 3.8) is 0 Å². The van der Waals surface area contributed by atoms with Crippen LogP contribution in [-0.2, 0) is 27.2 Å².